The molecule has 2 N–H and O–H groups in total. The summed E-state index contributed by atoms with van der Waals surface area (Å²) in [5, 5.41) is 10.3. The molecular weight excluding hydrogens is 306 g/mol. The first kappa shape index (κ1) is 16.7. The summed E-state index contributed by atoms with van der Waals surface area (Å²) >= 11 is 0. The molecule has 2 heterocycles. The maximum Gasteiger partial charge on any atom is 0.289 e. The van der Waals surface area contributed by atoms with Gasteiger partial charge in [0.05, 0.1) is 6.61 Å². The number of hydrogen-bond donors (Lipinski definition) is 2. The topological polar surface area (TPSA) is 76.4 Å². The summed E-state index contributed by atoms with van der Waals surface area (Å²) in [4.78, 5) is 12.4. The second kappa shape index (κ2) is 7.59. The first-order chi connectivity index (χ1) is 11.7. The summed E-state index contributed by atoms with van der Waals surface area (Å²) in [6, 6.07) is 11.3. The lowest BCUT2D eigenvalue weighted by molar-refractivity contribution is 0.0504. The fourth-order valence-corrected chi connectivity index (χ4v) is 3.12. The van der Waals surface area contributed by atoms with Gasteiger partial charge in [0.2, 0.25) is 5.76 Å². The molecule has 1 saturated heterocycles. The molecule has 1 aliphatic rings. The Balaban J connectivity index is 1.63. The van der Waals surface area contributed by atoms with E-state index in [1.54, 1.807) is 13.2 Å². The fourth-order valence-electron chi connectivity index (χ4n) is 3.12. The number of nitrogens with zero attached hydrogens (tertiary/aromatic N) is 1. The van der Waals surface area contributed by atoms with Crippen molar-refractivity contribution in [3.8, 4) is 11.3 Å². The predicted octanol–water partition coefficient (Wildman–Crippen LogP) is 2.09. The van der Waals surface area contributed by atoms with Crippen molar-refractivity contribution in [3.05, 3.63) is 42.2 Å². The van der Waals surface area contributed by atoms with Crippen molar-refractivity contribution in [2.45, 2.75) is 12.8 Å². The normalized spacial score (nSPS) is 16.7. The SMILES string of the molecule is COCC1(CNC(=O)c2cc(-c3ccccc3)no2)CCNCC1. The summed E-state index contributed by atoms with van der Waals surface area (Å²) in [6.07, 6.45) is 1.96. The van der Waals surface area contributed by atoms with Gasteiger partial charge in [-0.3, -0.25) is 4.79 Å². The molecule has 1 aromatic heterocycles. The predicted molar refractivity (Wildman–Crippen MR) is 90.7 cm³/mol. The Kier molecular flexibility index (Phi) is 5.27. The third-order valence-electron chi connectivity index (χ3n) is 4.54. The van der Waals surface area contributed by atoms with E-state index in [0.29, 0.717) is 18.8 Å². The van der Waals surface area contributed by atoms with Crippen molar-refractivity contribution in [1.82, 2.24) is 15.8 Å². The number of methoxy groups -OCH3 is 1. The molecule has 1 amide bonds. The van der Waals surface area contributed by atoms with Crippen molar-refractivity contribution < 1.29 is 14.1 Å². The Hall–Kier alpha value is -2.18. The molecule has 0 aliphatic carbocycles. The molecule has 1 aromatic carbocycles. The Morgan fingerprint density at radius 1 is 1.33 bits per heavy atom. The highest BCUT2D eigenvalue weighted by Gasteiger charge is 2.33. The largest absolute Gasteiger partial charge is 0.384 e. The van der Waals surface area contributed by atoms with Crippen LogP contribution in [0.25, 0.3) is 11.3 Å². The van der Waals surface area contributed by atoms with Gasteiger partial charge in [0.25, 0.3) is 5.91 Å². The zero-order chi connectivity index (χ0) is 16.8. The molecule has 6 nitrogen and oxygen atoms in total. The van der Waals surface area contributed by atoms with Crippen molar-refractivity contribution >= 4 is 5.91 Å². The van der Waals surface area contributed by atoms with E-state index < -0.39 is 0 Å². The first-order valence-corrected chi connectivity index (χ1v) is 8.22. The van der Waals surface area contributed by atoms with Crippen LogP contribution >= 0.6 is 0 Å². The van der Waals surface area contributed by atoms with Crippen LogP contribution in [-0.2, 0) is 4.74 Å². The second-order valence-electron chi connectivity index (χ2n) is 6.31. The van der Waals surface area contributed by atoms with Gasteiger partial charge in [-0.1, -0.05) is 35.5 Å². The zero-order valence-electron chi connectivity index (χ0n) is 13.9. The molecule has 1 fully saturated rings. The molecule has 0 bridgehead atoms. The van der Waals surface area contributed by atoms with Gasteiger partial charge >= 0.3 is 0 Å². The van der Waals surface area contributed by atoms with Crippen molar-refractivity contribution in [1.29, 1.82) is 0 Å². The van der Waals surface area contributed by atoms with Crippen LogP contribution in [0.4, 0.5) is 0 Å². The lowest BCUT2D eigenvalue weighted by atomic mass is 9.79. The maximum atomic E-state index is 12.4. The fraction of sp³-hybridized carbons (Fsp3) is 0.444. The highest BCUT2D eigenvalue weighted by atomic mass is 16.5. The Bertz CT molecular complexity index is 658. The molecule has 24 heavy (non-hydrogen) atoms. The summed E-state index contributed by atoms with van der Waals surface area (Å²) in [5.74, 6) is -0.00551. The van der Waals surface area contributed by atoms with Crippen LogP contribution in [0.15, 0.2) is 40.9 Å². The van der Waals surface area contributed by atoms with Gasteiger partial charge in [-0.05, 0) is 25.9 Å². The number of aromatic nitrogens is 1. The van der Waals surface area contributed by atoms with E-state index >= 15 is 0 Å². The molecule has 0 saturated carbocycles. The minimum absolute atomic E-state index is 0.0159. The van der Waals surface area contributed by atoms with Crippen molar-refractivity contribution in [2.75, 3.05) is 33.4 Å². The van der Waals surface area contributed by atoms with Crippen LogP contribution < -0.4 is 10.6 Å². The smallest absolute Gasteiger partial charge is 0.289 e. The average molecular weight is 329 g/mol. The van der Waals surface area contributed by atoms with Crippen LogP contribution in [-0.4, -0.2) is 44.4 Å². The van der Waals surface area contributed by atoms with Crippen LogP contribution in [0.5, 0.6) is 0 Å². The summed E-state index contributed by atoms with van der Waals surface area (Å²) in [6.45, 7) is 3.10. The Labute approximate surface area is 141 Å². The van der Waals surface area contributed by atoms with E-state index in [2.05, 4.69) is 15.8 Å². The molecule has 0 unspecified atom stereocenters. The Morgan fingerprint density at radius 3 is 2.79 bits per heavy atom. The molecule has 128 valence electrons. The molecule has 6 heteroatoms. The van der Waals surface area contributed by atoms with Crippen LogP contribution in [0.1, 0.15) is 23.4 Å². The van der Waals surface area contributed by atoms with Gasteiger partial charge in [-0.25, -0.2) is 0 Å². The molecular formula is C18H23N3O3. The van der Waals surface area contributed by atoms with E-state index in [-0.39, 0.29) is 17.1 Å². The standard InChI is InChI=1S/C18H23N3O3/c1-23-13-18(7-9-19-10-8-18)12-20-17(22)16-11-15(21-24-16)14-5-3-2-4-6-14/h2-6,11,19H,7-10,12-13H2,1H3,(H,20,22). The number of carbonyl (C=O) groups excluding carboxylic acids is 1. The third-order valence-corrected chi connectivity index (χ3v) is 4.54. The highest BCUT2D eigenvalue weighted by molar-refractivity contribution is 5.92. The molecule has 0 radical (unpaired) electrons. The highest BCUT2D eigenvalue weighted by Crippen LogP contribution is 2.28. The Morgan fingerprint density at radius 2 is 2.08 bits per heavy atom. The number of rotatable bonds is 6. The van der Waals surface area contributed by atoms with E-state index in [1.165, 1.54) is 0 Å². The minimum atomic E-state index is -0.237. The zero-order valence-corrected chi connectivity index (χ0v) is 13.9. The van der Waals surface area contributed by atoms with Crippen molar-refractivity contribution in [3.63, 3.8) is 0 Å². The number of hydrogen-bond acceptors (Lipinski definition) is 5. The molecule has 0 atom stereocenters. The number of piperidine rings is 1. The maximum absolute atomic E-state index is 12.4. The van der Waals surface area contributed by atoms with E-state index in [4.69, 9.17) is 9.26 Å². The number of nitrogens with one attached hydrogen (secondary N) is 2. The van der Waals surface area contributed by atoms with E-state index in [0.717, 1.165) is 31.5 Å². The minimum Gasteiger partial charge on any atom is -0.384 e. The van der Waals surface area contributed by atoms with Gasteiger partial charge in [-0.2, -0.15) is 0 Å². The quantitative estimate of drug-likeness (QED) is 0.849. The van der Waals surface area contributed by atoms with Gasteiger partial charge in [0, 0.05) is 30.7 Å². The molecule has 3 rings (SSSR count). The molecule has 1 aliphatic heterocycles. The van der Waals surface area contributed by atoms with Gasteiger partial charge in [0.1, 0.15) is 5.69 Å². The van der Waals surface area contributed by atoms with Crippen LogP contribution in [0.2, 0.25) is 0 Å². The average Bonchev–Trinajstić information content (AvgIpc) is 3.12. The van der Waals surface area contributed by atoms with E-state index in [1.807, 2.05) is 30.3 Å². The molecule has 0 spiro atoms. The van der Waals surface area contributed by atoms with Gasteiger partial charge in [-0.15, -0.1) is 0 Å². The molecule has 2 aromatic rings. The van der Waals surface area contributed by atoms with Crippen LogP contribution in [0, 0.1) is 5.41 Å². The van der Waals surface area contributed by atoms with Gasteiger partial charge in [0.15, 0.2) is 0 Å². The number of benzene rings is 1. The summed E-state index contributed by atoms with van der Waals surface area (Å²) in [7, 11) is 1.70. The van der Waals surface area contributed by atoms with Gasteiger partial charge < -0.3 is 19.9 Å². The monoisotopic (exact) mass is 329 g/mol. The number of amides is 1. The number of carbonyl (C=O) groups is 1. The number of ether oxygens (including phenoxy) is 1. The van der Waals surface area contributed by atoms with Crippen LogP contribution in [0.3, 0.4) is 0 Å². The third kappa shape index (κ3) is 3.83. The summed E-state index contributed by atoms with van der Waals surface area (Å²) in [5.41, 5.74) is 1.57. The lowest BCUT2D eigenvalue weighted by Crippen LogP contribution is -2.47. The first-order valence-electron chi connectivity index (χ1n) is 8.22. The van der Waals surface area contributed by atoms with E-state index in [9.17, 15) is 4.79 Å². The lowest BCUT2D eigenvalue weighted by Gasteiger charge is -2.37. The summed E-state index contributed by atoms with van der Waals surface area (Å²) < 4.78 is 10.6. The second-order valence-corrected chi connectivity index (χ2v) is 6.31. The van der Waals surface area contributed by atoms with Crippen molar-refractivity contribution in [2.24, 2.45) is 5.41 Å².